The van der Waals surface area contributed by atoms with E-state index in [9.17, 15) is 5.11 Å². The lowest BCUT2D eigenvalue weighted by Crippen LogP contribution is -2.01. The molecule has 0 heterocycles. The quantitative estimate of drug-likeness (QED) is 0.822. The van der Waals surface area contributed by atoms with Crippen molar-refractivity contribution in [2.75, 3.05) is 6.61 Å². The first-order chi connectivity index (χ1) is 6.16. The average molecular weight is 221 g/mol. The minimum atomic E-state index is -0.800. The van der Waals surface area contributed by atoms with Crippen molar-refractivity contribution in [3.05, 3.63) is 33.8 Å². The summed E-state index contributed by atoms with van der Waals surface area (Å²) in [5.74, 6) is 0. The summed E-state index contributed by atoms with van der Waals surface area (Å²) in [4.78, 5) is 0. The molecule has 72 valence electrons. The fourth-order valence-electron chi connectivity index (χ4n) is 1.10. The largest absolute Gasteiger partial charge is 0.396 e. The molecule has 1 aromatic rings. The predicted molar refractivity (Wildman–Crippen MR) is 53.1 cm³/mol. The highest BCUT2D eigenvalue weighted by Gasteiger charge is 2.14. The molecule has 4 heteroatoms. The lowest BCUT2D eigenvalue weighted by atomic mass is 10.1. The summed E-state index contributed by atoms with van der Waals surface area (Å²) in [7, 11) is 0. The third-order valence-electron chi connectivity index (χ3n) is 1.74. The predicted octanol–water partition coefficient (Wildman–Crippen LogP) is 2.41. The summed E-state index contributed by atoms with van der Waals surface area (Å²) in [6, 6.07) is 5.02. The molecular weight excluding hydrogens is 211 g/mol. The van der Waals surface area contributed by atoms with Gasteiger partial charge in [-0.1, -0.05) is 29.3 Å². The summed E-state index contributed by atoms with van der Waals surface area (Å²) in [6.45, 7) is -0.0945. The van der Waals surface area contributed by atoms with E-state index in [0.717, 1.165) is 0 Å². The van der Waals surface area contributed by atoms with Gasteiger partial charge in [-0.25, -0.2) is 0 Å². The highest BCUT2D eigenvalue weighted by Crippen LogP contribution is 2.31. The normalized spacial score (nSPS) is 12.9. The highest BCUT2D eigenvalue weighted by atomic mass is 35.5. The van der Waals surface area contributed by atoms with Crippen LogP contribution in [0.5, 0.6) is 0 Å². The van der Waals surface area contributed by atoms with Crippen LogP contribution in [-0.2, 0) is 0 Å². The van der Waals surface area contributed by atoms with Gasteiger partial charge < -0.3 is 10.2 Å². The number of hydrogen-bond acceptors (Lipinski definition) is 2. The molecule has 0 saturated carbocycles. The van der Waals surface area contributed by atoms with Crippen LogP contribution in [0.15, 0.2) is 18.2 Å². The van der Waals surface area contributed by atoms with E-state index in [-0.39, 0.29) is 13.0 Å². The molecule has 2 nitrogen and oxygen atoms in total. The number of benzene rings is 1. The molecule has 0 aliphatic carbocycles. The minimum absolute atomic E-state index is 0.0945. The Morgan fingerprint density at radius 3 is 2.23 bits per heavy atom. The van der Waals surface area contributed by atoms with Crippen molar-refractivity contribution in [1.29, 1.82) is 0 Å². The van der Waals surface area contributed by atoms with Gasteiger partial charge in [-0.3, -0.25) is 0 Å². The second-order valence-corrected chi connectivity index (χ2v) is 3.48. The molecule has 2 N–H and O–H groups in total. The van der Waals surface area contributed by atoms with Crippen LogP contribution in [0.25, 0.3) is 0 Å². The van der Waals surface area contributed by atoms with Crippen molar-refractivity contribution < 1.29 is 10.2 Å². The number of aliphatic hydroxyl groups is 2. The molecule has 0 aromatic heterocycles. The molecule has 1 atom stereocenters. The van der Waals surface area contributed by atoms with E-state index in [1.54, 1.807) is 18.2 Å². The van der Waals surface area contributed by atoms with Crippen LogP contribution in [0.3, 0.4) is 0 Å². The first-order valence-electron chi connectivity index (χ1n) is 3.89. The first-order valence-corrected chi connectivity index (χ1v) is 4.65. The van der Waals surface area contributed by atoms with E-state index in [2.05, 4.69) is 0 Å². The molecule has 13 heavy (non-hydrogen) atoms. The van der Waals surface area contributed by atoms with Gasteiger partial charge in [0.1, 0.15) is 0 Å². The van der Waals surface area contributed by atoms with E-state index >= 15 is 0 Å². The third kappa shape index (κ3) is 2.58. The Morgan fingerprint density at radius 1 is 1.23 bits per heavy atom. The molecule has 0 spiro atoms. The van der Waals surface area contributed by atoms with Gasteiger partial charge in [0.2, 0.25) is 0 Å². The van der Waals surface area contributed by atoms with Crippen LogP contribution in [-0.4, -0.2) is 16.8 Å². The average Bonchev–Trinajstić information content (AvgIpc) is 2.04. The smallest absolute Gasteiger partial charge is 0.0840 e. The lowest BCUT2D eigenvalue weighted by Gasteiger charge is -2.12. The van der Waals surface area contributed by atoms with Gasteiger partial charge in [0, 0.05) is 28.6 Å². The van der Waals surface area contributed by atoms with Crippen molar-refractivity contribution in [3.8, 4) is 0 Å². The first kappa shape index (κ1) is 10.8. The molecule has 1 rings (SSSR count). The van der Waals surface area contributed by atoms with Crippen LogP contribution in [0, 0.1) is 0 Å². The fraction of sp³-hybridized carbons (Fsp3) is 0.333. The van der Waals surface area contributed by atoms with Crippen molar-refractivity contribution in [3.63, 3.8) is 0 Å². The van der Waals surface area contributed by atoms with Crippen LogP contribution < -0.4 is 0 Å². The molecule has 1 unspecified atom stereocenters. The summed E-state index contributed by atoms with van der Waals surface area (Å²) < 4.78 is 0. The van der Waals surface area contributed by atoms with Gasteiger partial charge in [-0.15, -0.1) is 0 Å². The van der Waals surface area contributed by atoms with E-state index in [1.807, 2.05) is 0 Å². The third-order valence-corrected chi connectivity index (χ3v) is 2.39. The Labute approximate surface area is 86.7 Å². The second kappa shape index (κ2) is 4.82. The minimum Gasteiger partial charge on any atom is -0.396 e. The molecule has 0 aliphatic rings. The zero-order valence-corrected chi connectivity index (χ0v) is 8.39. The zero-order valence-electron chi connectivity index (χ0n) is 6.87. The van der Waals surface area contributed by atoms with Gasteiger partial charge >= 0.3 is 0 Å². The molecule has 0 amide bonds. The zero-order chi connectivity index (χ0) is 9.84. The summed E-state index contributed by atoms with van der Waals surface area (Å²) in [6.07, 6.45) is -0.560. The van der Waals surface area contributed by atoms with E-state index in [0.29, 0.717) is 15.6 Å². The number of aliphatic hydroxyl groups excluding tert-OH is 2. The molecule has 0 saturated heterocycles. The topological polar surface area (TPSA) is 40.5 Å². The maximum atomic E-state index is 9.55. The number of rotatable bonds is 3. The highest BCUT2D eigenvalue weighted by molar-refractivity contribution is 6.36. The Kier molecular flexibility index (Phi) is 4.00. The van der Waals surface area contributed by atoms with Gasteiger partial charge in [0.15, 0.2) is 0 Å². The van der Waals surface area contributed by atoms with Gasteiger partial charge in [0.05, 0.1) is 6.10 Å². The summed E-state index contributed by atoms with van der Waals surface area (Å²) in [5.41, 5.74) is 0.486. The molecule has 0 aliphatic heterocycles. The maximum Gasteiger partial charge on any atom is 0.0840 e. The fourth-order valence-corrected chi connectivity index (χ4v) is 1.75. The summed E-state index contributed by atoms with van der Waals surface area (Å²) >= 11 is 11.7. The molecule has 1 aromatic carbocycles. The lowest BCUT2D eigenvalue weighted by molar-refractivity contribution is 0.134. The standard InChI is InChI=1S/C9H10Cl2O2/c10-6-2-1-3-7(11)9(6)8(13)4-5-12/h1-3,8,12-13H,4-5H2. The second-order valence-electron chi connectivity index (χ2n) is 2.66. The molecule has 0 bridgehead atoms. The van der Waals surface area contributed by atoms with Crippen LogP contribution in [0.2, 0.25) is 10.0 Å². The van der Waals surface area contributed by atoms with Crippen molar-refractivity contribution in [2.24, 2.45) is 0 Å². The van der Waals surface area contributed by atoms with Crippen LogP contribution in [0.4, 0.5) is 0 Å². The number of hydrogen-bond donors (Lipinski definition) is 2. The van der Waals surface area contributed by atoms with Crippen molar-refractivity contribution >= 4 is 23.2 Å². The molecular formula is C9H10Cl2O2. The Morgan fingerprint density at radius 2 is 1.77 bits per heavy atom. The molecule has 0 fully saturated rings. The maximum absolute atomic E-state index is 9.55. The van der Waals surface area contributed by atoms with Gasteiger partial charge in [-0.05, 0) is 12.1 Å². The van der Waals surface area contributed by atoms with E-state index in [4.69, 9.17) is 28.3 Å². The van der Waals surface area contributed by atoms with E-state index < -0.39 is 6.10 Å². The Bertz CT molecular complexity index is 269. The van der Waals surface area contributed by atoms with Crippen molar-refractivity contribution in [1.82, 2.24) is 0 Å². The number of halogens is 2. The summed E-state index contributed by atoms with van der Waals surface area (Å²) in [5, 5.41) is 19.0. The van der Waals surface area contributed by atoms with Gasteiger partial charge in [0.25, 0.3) is 0 Å². The van der Waals surface area contributed by atoms with Crippen molar-refractivity contribution in [2.45, 2.75) is 12.5 Å². The van der Waals surface area contributed by atoms with E-state index in [1.165, 1.54) is 0 Å². The molecule has 0 radical (unpaired) electrons. The van der Waals surface area contributed by atoms with Crippen LogP contribution >= 0.6 is 23.2 Å². The van der Waals surface area contributed by atoms with Crippen LogP contribution in [0.1, 0.15) is 18.1 Å². The Balaban J connectivity index is 2.98. The Hall–Kier alpha value is -0.280. The monoisotopic (exact) mass is 220 g/mol. The SMILES string of the molecule is OCCC(O)c1c(Cl)cccc1Cl. The van der Waals surface area contributed by atoms with Gasteiger partial charge in [-0.2, -0.15) is 0 Å².